The summed E-state index contributed by atoms with van der Waals surface area (Å²) < 4.78 is 5.65. The Morgan fingerprint density at radius 2 is 1.80 bits per heavy atom. The number of fused-ring (bicyclic) bond motifs is 1. The molecular weight excluding hydrogens is 308 g/mol. The third-order valence-electron chi connectivity index (χ3n) is 3.79. The van der Waals surface area contributed by atoms with Gasteiger partial charge in [-0.05, 0) is 45.1 Å². The minimum atomic E-state index is -0.564. The van der Waals surface area contributed by atoms with Gasteiger partial charge in [0.1, 0.15) is 5.75 Å². The van der Waals surface area contributed by atoms with E-state index in [2.05, 4.69) is 17.8 Å². The van der Waals surface area contributed by atoms with Crippen LogP contribution in [0.15, 0.2) is 36.4 Å². The second kappa shape index (κ2) is 8.41. The second-order valence-electron chi connectivity index (χ2n) is 7.01. The van der Waals surface area contributed by atoms with Crippen molar-refractivity contribution in [3.05, 3.63) is 42.0 Å². The van der Waals surface area contributed by atoms with Gasteiger partial charge in [0.15, 0.2) is 0 Å². The normalized spacial score (nSPS) is 10.6. The van der Waals surface area contributed by atoms with Crippen LogP contribution in [0.4, 0.5) is 0 Å². The van der Waals surface area contributed by atoms with Gasteiger partial charge < -0.3 is 4.74 Å². The summed E-state index contributed by atoms with van der Waals surface area (Å²) in [5.74, 6) is 9.30. The van der Waals surface area contributed by atoms with Gasteiger partial charge in [-0.15, -0.1) is 12.3 Å². The molecule has 0 unspecified atom stereocenters. The van der Waals surface area contributed by atoms with Crippen LogP contribution in [0.2, 0.25) is 0 Å². The van der Waals surface area contributed by atoms with E-state index in [4.69, 9.17) is 11.2 Å². The number of esters is 1. The average Bonchev–Trinajstić information content (AvgIpc) is 2.58. The smallest absolute Gasteiger partial charge is 0.316 e. The number of carbonyl (C=O) groups excluding carboxylic acids is 1. The van der Waals surface area contributed by atoms with Crippen LogP contribution in [0.1, 0.15) is 52.0 Å². The predicted molar refractivity (Wildman–Crippen MR) is 103 cm³/mol. The molecule has 2 nitrogen and oxygen atoms in total. The molecule has 2 aromatic carbocycles. The average molecular weight is 332 g/mol. The molecule has 25 heavy (non-hydrogen) atoms. The molecule has 2 aromatic rings. The summed E-state index contributed by atoms with van der Waals surface area (Å²) in [6, 6.07) is 11.8. The lowest BCUT2D eigenvalue weighted by Gasteiger charge is -2.17. The zero-order chi connectivity index (χ0) is 18.3. The first kappa shape index (κ1) is 18.6. The van der Waals surface area contributed by atoms with Crippen LogP contribution in [0.5, 0.6) is 5.75 Å². The Kier molecular flexibility index (Phi) is 6.26. The number of unbranched alkanes of at least 4 members (excludes halogenated alkanes) is 3. The molecule has 0 saturated heterocycles. The third kappa shape index (κ3) is 5.13. The van der Waals surface area contributed by atoms with E-state index in [1.54, 1.807) is 0 Å². The minimum absolute atomic E-state index is 0.264. The lowest BCUT2D eigenvalue weighted by atomic mass is 9.97. The Morgan fingerprint density at radius 1 is 1.08 bits per heavy atom. The molecule has 0 aliphatic heterocycles. The molecule has 0 spiro atoms. The molecule has 0 saturated carbocycles. The van der Waals surface area contributed by atoms with E-state index >= 15 is 0 Å². The molecule has 0 N–H and O–H groups in total. The van der Waals surface area contributed by atoms with Gasteiger partial charge in [-0.2, -0.15) is 0 Å². The van der Waals surface area contributed by atoms with E-state index in [9.17, 15) is 4.79 Å². The Balaban J connectivity index is 2.33. The fraction of sp³-hybridized carbons (Fsp3) is 0.348. The molecule has 0 aliphatic rings. The van der Waals surface area contributed by atoms with E-state index in [1.807, 2.05) is 57.2 Å². The summed E-state index contributed by atoms with van der Waals surface area (Å²) >= 11 is 0. The van der Waals surface area contributed by atoms with Crippen molar-refractivity contribution in [1.29, 1.82) is 0 Å². The SMILES string of the molecule is C#CCCCCC#Cc1c(OC(=O)C(C)(C)C)ccc2ccccc12. The van der Waals surface area contributed by atoms with Gasteiger partial charge in [0.25, 0.3) is 0 Å². The quantitative estimate of drug-likeness (QED) is 0.327. The Labute approximate surface area is 150 Å². The van der Waals surface area contributed by atoms with E-state index < -0.39 is 5.41 Å². The molecule has 0 aromatic heterocycles. The monoisotopic (exact) mass is 332 g/mol. The highest BCUT2D eigenvalue weighted by Crippen LogP contribution is 2.29. The summed E-state index contributed by atoms with van der Waals surface area (Å²) in [4.78, 5) is 12.3. The molecule has 0 amide bonds. The maximum Gasteiger partial charge on any atom is 0.316 e. The van der Waals surface area contributed by atoms with Gasteiger partial charge in [0.05, 0.1) is 11.0 Å². The molecule has 0 bridgehead atoms. The summed E-state index contributed by atoms with van der Waals surface area (Å²) in [6.45, 7) is 5.52. The van der Waals surface area contributed by atoms with Crippen molar-refractivity contribution in [2.75, 3.05) is 0 Å². The number of rotatable bonds is 4. The zero-order valence-corrected chi connectivity index (χ0v) is 15.2. The van der Waals surface area contributed by atoms with Gasteiger partial charge in [0.2, 0.25) is 0 Å². The molecule has 2 heteroatoms. The van der Waals surface area contributed by atoms with Crippen molar-refractivity contribution in [1.82, 2.24) is 0 Å². The van der Waals surface area contributed by atoms with E-state index in [1.165, 1.54) is 0 Å². The van der Waals surface area contributed by atoms with Crippen LogP contribution in [0.3, 0.4) is 0 Å². The number of terminal acetylenes is 1. The maximum atomic E-state index is 12.3. The van der Waals surface area contributed by atoms with Crippen molar-refractivity contribution in [2.24, 2.45) is 5.41 Å². The minimum Gasteiger partial charge on any atom is -0.425 e. The maximum absolute atomic E-state index is 12.3. The number of carbonyl (C=O) groups is 1. The molecule has 0 radical (unpaired) electrons. The van der Waals surface area contributed by atoms with E-state index in [0.717, 1.165) is 42.0 Å². The van der Waals surface area contributed by atoms with Gasteiger partial charge in [0, 0.05) is 18.2 Å². The first-order chi connectivity index (χ1) is 11.9. The number of ether oxygens (including phenoxy) is 1. The van der Waals surface area contributed by atoms with Crippen molar-refractivity contribution in [2.45, 2.75) is 46.5 Å². The molecule has 0 atom stereocenters. The Morgan fingerprint density at radius 3 is 2.52 bits per heavy atom. The predicted octanol–water partition coefficient (Wildman–Crippen LogP) is 5.34. The standard InChI is InChI=1S/C23H24O2/c1-5-6-7-8-9-10-15-20-19-14-12-11-13-18(19)16-17-21(20)25-22(24)23(2,3)4/h1,11-14,16-17H,6-9H2,2-4H3. The molecule has 0 aliphatic carbocycles. The van der Waals surface area contributed by atoms with E-state index in [-0.39, 0.29) is 5.97 Å². The first-order valence-corrected chi connectivity index (χ1v) is 8.60. The van der Waals surface area contributed by atoms with Crippen molar-refractivity contribution in [3.63, 3.8) is 0 Å². The lowest BCUT2D eigenvalue weighted by Crippen LogP contribution is -2.25. The summed E-state index contributed by atoms with van der Waals surface area (Å²) in [5.41, 5.74) is 0.207. The van der Waals surface area contributed by atoms with Crippen LogP contribution >= 0.6 is 0 Å². The number of hydrogen-bond donors (Lipinski definition) is 0. The van der Waals surface area contributed by atoms with Crippen molar-refractivity contribution < 1.29 is 9.53 Å². The van der Waals surface area contributed by atoms with Crippen LogP contribution in [-0.4, -0.2) is 5.97 Å². The summed E-state index contributed by atoms with van der Waals surface area (Å²) in [5, 5.41) is 2.08. The molecule has 0 heterocycles. The molecule has 128 valence electrons. The third-order valence-corrected chi connectivity index (χ3v) is 3.79. The van der Waals surface area contributed by atoms with Gasteiger partial charge >= 0.3 is 5.97 Å². The van der Waals surface area contributed by atoms with Crippen LogP contribution in [-0.2, 0) is 4.79 Å². The first-order valence-electron chi connectivity index (χ1n) is 8.60. The number of benzene rings is 2. The highest BCUT2D eigenvalue weighted by molar-refractivity contribution is 5.91. The topological polar surface area (TPSA) is 26.3 Å². The van der Waals surface area contributed by atoms with Crippen LogP contribution in [0, 0.1) is 29.6 Å². The fourth-order valence-corrected chi connectivity index (χ4v) is 2.31. The van der Waals surface area contributed by atoms with E-state index in [0.29, 0.717) is 5.75 Å². The van der Waals surface area contributed by atoms with Crippen LogP contribution < -0.4 is 4.74 Å². The largest absolute Gasteiger partial charge is 0.425 e. The van der Waals surface area contributed by atoms with Gasteiger partial charge in [-0.3, -0.25) is 4.79 Å². The van der Waals surface area contributed by atoms with Crippen LogP contribution in [0.25, 0.3) is 10.8 Å². The second-order valence-corrected chi connectivity index (χ2v) is 7.01. The summed E-state index contributed by atoms with van der Waals surface area (Å²) in [7, 11) is 0. The van der Waals surface area contributed by atoms with Crippen molar-refractivity contribution in [3.8, 4) is 29.9 Å². The lowest BCUT2D eigenvalue weighted by molar-refractivity contribution is -0.143. The molecule has 2 rings (SSSR count). The summed E-state index contributed by atoms with van der Waals surface area (Å²) in [6.07, 6.45) is 8.77. The number of hydrogen-bond acceptors (Lipinski definition) is 2. The zero-order valence-electron chi connectivity index (χ0n) is 15.2. The van der Waals surface area contributed by atoms with Gasteiger partial charge in [-0.25, -0.2) is 0 Å². The van der Waals surface area contributed by atoms with Crippen molar-refractivity contribution >= 4 is 16.7 Å². The molecular formula is C23H24O2. The Bertz CT molecular complexity index is 852. The fourth-order valence-electron chi connectivity index (χ4n) is 2.31. The highest BCUT2D eigenvalue weighted by atomic mass is 16.5. The molecule has 0 fully saturated rings. The van der Waals surface area contributed by atoms with Gasteiger partial charge in [-0.1, -0.05) is 42.2 Å². The Hall–Kier alpha value is -2.71. The highest BCUT2D eigenvalue weighted by Gasteiger charge is 2.24.